The van der Waals surface area contributed by atoms with E-state index in [1.54, 1.807) is 0 Å². The van der Waals surface area contributed by atoms with Gasteiger partial charge in [0.2, 0.25) is 0 Å². The summed E-state index contributed by atoms with van der Waals surface area (Å²) in [4.78, 5) is 4.65. The topological polar surface area (TPSA) is 47.3 Å². The summed E-state index contributed by atoms with van der Waals surface area (Å²) in [7, 11) is 1.83. The zero-order valence-electron chi connectivity index (χ0n) is 6.72. The summed E-state index contributed by atoms with van der Waals surface area (Å²) in [5, 5.41) is 2.97. The number of anilines is 1. The van der Waals surface area contributed by atoms with Crippen molar-refractivity contribution in [1.29, 1.82) is 0 Å². The Bertz CT molecular complexity index is 248. The summed E-state index contributed by atoms with van der Waals surface area (Å²) in [5.74, 6) is 5.73. The summed E-state index contributed by atoms with van der Waals surface area (Å²) < 4.78 is 0. The van der Waals surface area contributed by atoms with E-state index in [0.29, 0.717) is 5.75 Å². The molecule has 1 rings (SSSR count). The summed E-state index contributed by atoms with van der Waals surface area (Å²) in [6, 6.07) is 5.80. The summed E-state index contributed by atoms with van der Waals surface area (Å²) in [6.07, 6.45) is 0. The van der Waals surface area contributed by atoms with E-state index < -0.39 is 0 Å². The fourth-order valence-corrected chi connectivity index (χ4v) is 0.934. The van der Waals surface area contributed by atoms with Gasteiger partial charge in [0.05, 0.1) is 5.69 Å². The second kappa shape index (κ2) is 3.25. The lowest BCUT2D eigenvalue weighted by Crippen LogP contribution is -2.04. The van der Waals surface area contributed by atoms with E-state index in [9.17, 15) is 0 Å². The van der Waals surface area contributed by atoms with Crippen LogP contribution in [0.5, 0.6) is 5.75 Å². The van der Waals surface area contributed by atoms with Crippen LogP contribution in [0, 0.1) is 6.92 Å². The normalized spacial score (nSPS) is 9.36. The van der Waals surface area contributed by atoms with Gasteiger partial charge >= 0.3 is 0 Å². The predicted octanol–water partition coefficient (Wildman–Crippen LogP) is 1.29. The lowest BCUT2D eigenvalue weighted by Gasteiger charge is -2.06. The smallest absolute Gasteiger partial charge is 0.170 e. The Hall–Kier alpha value is -1.22. The van der Waals surface area contributed by atoms with Gasteiger partial charge in [-0.25, -0.2) is 0 Å². The van der Waals surface area contributed by atoms with Crippen LogP contribution in [0.4, 0.5) is 5.69 Å². The maximum atomic E-state index is 5.06. The molecule has 0 radical (unpaired) electrons. The second-order valence-corrected chi connectivity index (χ2v) is 2.37. The fourth-order valence-electron chi connectivity index (χ4n) is 0.934. The number of hydrogen-bond donors (Lipinski definition) is 2. The number of aryl methyl sites for hydroxylation is 1. The third-order valence-corrected chi connectivity index (χ3v) is 1.53. The number of hydrogen-bond acceptors (Lipinski definition) is 3. The molecule has 0 heterocycles. The Labute approximate surface area is 66.1 Å². The first-order valence-corrected chi connectivity index (χ1v) is 3.43. The molecule has 3 heteroatoms. The molecule has 0 spiro atoms. The van der Waals surface area contributed by atoms with Gasteiger partial charge in [0, 0.05) is 7.05 Å². The van der Waals surface area contributed by atoms with Gasteiger partial charge in [0.1, 0.15) is 0 Å². The highest BCUT2D eigenvalue weighted by Crippen LogP contribution is 2.23. The maximum Gasteiger partial charge on any atom is 0.170 e. The van der Waals surface area contributed by atoms with E-state index in [2.05, 4.69) is 10.2 Å². The zero-order valence-corrected chi connectivity index (χ0v) is 6.72. The van der Waals surface area contributed by atoms with Gasteiger partial charge in [-0.15, -0.1) is 0 Å². The van der Waals surface area contributed by atoms with Gasteiger partial charge in [0.15, 0.2) is 5.75 Å². The Morgan fingerprint density at radius 1 is 1.45 bits per heavy atom. The summed E-state index contributed by atoms with van der Waals surface area (Å²) >= 11 is 0. The van der Waals surface area contributed by atoms with Crippen LogP contribution in [0.25, 0.3) is 0 Å². The Morgan fingerprint density at radius 2 is 2.18 bits per heavy atom. The third-order valence-electron chi connectivity index (χ3n) is 1.53. The van der Waals surface area contributed by atoms with Crippen LogP contribution < -0.4 is 16.1 Å². The van der Waals surface area contributed by atoms with Gasteiger partial charge in [-0.3, -0.25) is 0 Å². The molecule has 0 fully saturated rings. The van der Waals surface area contributed by atoms with E-state index in [0.717, 1.165) is 11.3 Å². The highest BCUT2D eigenvalue weighted by molar-refractivity contribution is 5.56. The molecule has 60 valence electrons. The number of rotatable bonds is 2. The molecule has 0 saturated heterocycles. The highest BCUT2D eigenvalue weighted by Gasteiger charge is 1.99. The van der Waals surface area contributed by atoms with Crippen LogP contribution in [0.2, 0.25) is 0 Å². The second-order valence-electron chi connectivity index (χ2n) is 2.37. The largest absolute Gasteiger partial charge is 0.409 e. The van der Waals surface area contributed by atoms with Crippen molar-refractivity contribution in [2.75, 3.05) is 12.4 Å². The van der Waals surface area contributed by atoms with Crippen molar-refractivity contribution in [3.63, 3.8) is 0 Å². The van der Waals surface area contributed by atoms with E-state index in [4.69, 9.17) is 5.90 Å². The molecule has 1 aromatic carbocycles. The minimum Gasteiger partial charge on any atom is -0.409 e. The molecule has 0 aliphatic carbocycles. The SMILES string of the molecule is CNc1ccc(C)cc1ON. The molecule has 11 heavy (non-hydrogen) atoms. The zero-order chi connectivity index (χ0) is 8.27. The van der Waals surface area contributed by atoms with E-state index in [-0.39, 0.29) is 0 Å². The van der Waals surface area contributed by atoms with Gasteiger partial charge in [-0.2, -0.15) is 5.90 Å². The monoisotopic (exact) mass is 152 g/mol. The minimum atomic E-state index is 0.674. The molecule has 1 aromatic rings. The molecular weight excluding hydrogens is 140 g/mol. The van der Waals surface area contributed by atoms with E-state index in [1.807, 2.05) is 32.2 Å². The van der Waals surface area contributed by atoms with Crippen molar-refractivity contribution >= 4 is 5.69 Å². The van der Waals surface area contributed by atoms with Crippen molar-refractivity contribution in [1.82, 2.24) is 0 Å². The van der Waals surface area contributed by atoms with Crippen molar-refractivity contribution in [2.45, 2.75) is 6.92 Å². The van der Waals surface area contributed by atoms with Crippen molar-refractivity contribution in [2.24, 2.45) is 5.90 Å². The molecule has 0 aliphatic heterocycles. The van der Waals surface area contributed by atoms with Crippen molar-refractivity contribution in [3.05, 3.63) is 23.8 Å². The lowest BCUT2D eigenvalue weighted by atomic mass is 10.2. The summed E-state index contributed by atoms with van der Waals surface area (Å²) in [6.45, 7) is 1.99. The molecular formula is C8H12N2O. The number of nitrogens with one attached hydrogen (secondary N) is 1. The highest BCUT2D eigenvalue weighted by atomic mass is 16.6. The molecule has 0 aromatic heterocycles. The van der Waals surface area contributed by atoms with Crippen molar-refractivity contribution in [3.8, 4) is 5.75 Å². The van der Waals surface area contributed by atoms with E-state index >= 15 is 0 Å². The average molecular weight is 152 g/mol. The minimum absolute atomic E-state index is 0.674. The first-order chi connectivity index (χ1) is 5.27. The first-order valence-electron chi connectivity index (χ1n) is 3.43. The van der Waals surface area contributed by atoms with Crippen LogP contribution in [0.3, 0.4) is 0 Å². The lowest BCUT2D eigenvalue weighted by molar-refractivity contribution is 0.336. The quantitative estimate of drug-likeness (QED) is 0.628. The molecule has 0 bridgehead atoms. The molecule has 0 atom stereocenters. The Morgan fingerprint density at radius 3 is 2.73 bits per heavy atom. The van der Waals surface area contributed by atoms with Gasteiger partial charge in [0.25, 0.3) is 0 Å². The predicted molar refractivity (Wildman–Crippen MR) is 45.5 cm³/mol. The Kier molecular flexibility index (Phi) is 2.33. The number of benzene rings is 1. The molecule has 0 saturated carbocycles. The summed E-state index contributed by atoms with van der Waals surface area (Å²) in [5.41, 5.74) is 2.03. The standard InChI is InChI=1S/C8H12N2O/c1-6-3-4-7(10-2)8(5-6)11-9/h3-5,10H,9H2,1-2H3. The van der Waals surface area contributed by atoms with Crippen molar-refractivity contribution < 1.29 is 4.84 Å². The van der Waals surface area contributed by atoms with Crippen LogP contribution in [-0.2, 0) is 0 Å². The van der Waals surface area contributed by atoms with Gasteiger partial charge in [-0.05, 0) is 24.6 Å². The molecule has 0 unspecified atom stereocenters. The average Bonchev–Trinajstić information content (AvgIpc) is 2.04. The third kappa shape index (κ3) is 1.62. The van der Waals surface area contributed by atoms with Crippen LogP contribution >= 0.6 is 0 Å². The molecule has 0 amide bonds. The van der Waals surface area contributed by atoms with Crippen LogP contribution in [0.15, 0.2) is 18.2 Å². The van der Waals surface area contributed by atoms with Crippen LogP contribution in [-0.4, -0.2) is 7.05 Å². The maximum absolute atomic E-state index is 5.06. The molecule has 3 N–H and O–H groups in total. The molecule has 3 nitrogen and oxygen atoms in total. The molecule has 0 aliphatic rings. The Balaban J connectivity index is 3.06. The fraction of sp³-hybridized carbons (Fsp3) is 0.250. The van der Waals surface area contributed by atoms with Crippen LogP contribution in [0.1, 0.15) is 5.56 Å². The number of nitrogens with two attached hydrogens (primary N) is 1. The van der Waals surface area contributed by atoms with Gasteiger partial charge in [-0.1, -0.05) is 6.07 Å². The van der Waals surface area contributed by atoms with Gasteiger partial charge < -0.3 is 10.2 Å². The van der Waals surface area contributed by atoms with E-state index in [1.165, 1.54) is 0 Å². The first kappa shape index (κ1) is 7.88.